The van der Waals surface area contributed by atoms with Crippen molar-refractivity contribution in [2.45, 2.75) is 38.6 Å². The van der Waals surface area contributed by atoms with E-state index in [1.807, 2.05) is 13.0 Å². The van der Waals surface area contributed by atoms with Crippen LogP contribution >= 0.6 is 0 Å². The Morgan fingerprint density at radius 3 is 2.77 bits per heavy atom. The standard InChI is InChI=1S/C15H15N3O4/c1-8-2-3-9-6-13(20)18(15(22)10(9)7-16-8)11-4-5-12(19)17-14(11)21/h3,7,11H,2,4-6H2,1H3,(H,17,19,21). The number of aliphatic imine (C=N–C) groups is 1. The van der Waals surface area contributed by atoms with Gasteiger partial charge in [0, 0.05) is 24.8 Å². The summed E-state index contributed by atoms with van der Waals surface area (Å²) in [5.74, 6) is -1.91. The number of nitrogens with one attached hydrogen (secondary N) is 1. The van der Waals surface area contributed by atoms with Crippen LogP contribution < -0.4 is 5.32 Å². The number of rotatable bonds is 1. The van der Waals surface area contributed by atoms with Crippen LogP contribution in [-0.4, -0.2) is 40.3 Å². The monoisotopic (exact) mass is 301 g/mol. The highest BCUT2D eigenvalue weighted by Gasteiger charge is 2.42. The van der Waals surface area contributed by atoms with Gasteiger partial charge in [-0.2, -0.15) is 0 Å². The smallest absolute Gasteiger partial charge is 0.263 e. The van der Waals surface area contributed by atoms with Crippen LogP contribution in [0.15, 0.2) is 28.4 Å². The second-order valence-corrected chi connectivity index (χ2v) is 5.55. The molecule has 0 bridgehead atoms. The molecular formula is C15H15N3O4. The van der Waals surface area contributed by atoms with Crippen molar-refractivity contribution in [2.75, 3.05) is 0 Å². The normalized spacial score (nSPS) is 25.8. The second kappa shape index (κ2) is 5.32. The van der Waals surface area contributed by atoms with E-state index in [-0.39, 0.29) is 25.2 Å². The van der Waals surface area contributed by atoms with Crippen LogP contribution in [0.3, 0.4) is 0 Å². The number of hydrogen-bond donors (Lipinski definition) is 1. The van der Waals surface area contributed by atoms with Crippen molar-refractivity contribution in [1.29, 1.82) is 0 Å². The molecule has 22 heavy (non-hydrogen) atoms. The first-order valence-electron chi connectivity index (χ1n) is 7.10. The van der Waals surface area contributed by atoms with Crippen molar-refractivity contribution in [3.05, 3.63) is 23.4 Å². The Bertz CT molecular complexity index is 687. The Kier molecular flexibility index (Phi) is 3.48. The topological polar surface area (TPSA) is 95.9 Å². The van der Waals surface area contributed by atoms with E-state index in [4.69, 9.17) is 0 Å². The molecule has 0 saturated carbocycles. The number of hydrogen-bond acceptors (Lipinski definition) is 5. The van der Waals surface area contributed by atoms with Crippen LogP contribution in [0, 0.1) is 0 Å². The summed E-state index contributed by atoms with van der Waals surface area (Å²) in [7, 11) is 0. The first kappa shape index (κ1) is 14.4. The quantitative estimate of drug-likeness (QED) is 0.701. The number of amides is 4. The highest BCUT2D eigenvalue weighted by molar-refractivity contribution is 6.15. The molecule has 2 saturated heterocycles. The number of allylic oxidation sites excluding steroid dienone is 1. The van der Waals surface area contributed by atoms with Gasteiger partial charge in [-0.15, -0.1) is 0 Å². The van der Waals surface area contributed by atoms with E-state index in [9.17, 15) is 19.2 Å². The highest BCUT2D eigenvalue weighted by atomic mass is 16.2. The van der Waals surface area contributed by atoms with Gasteiger partial charge in [0.25, 0.3) is 5.91 Å². The molecule has 4 amide bonds. The lowest BCUT2D eigenvalue weighted by Gasteiger charge is -2.35. The highest BCUT2D eigenvalue weighted by Crippen LogP contribution is 2.29. The third-order valence-corrected chi connectivity index (χ3v) is 3.99. The molecule has 3 heterocycles. The number of imide groups is 2. The van der Waals surface area contributed by atoms with Gasteiger partial charge < -0.3 is 0 Å². The van der Waals surface area contributed by atoms with Gasteiger partial charge in [0.15, 0.2) is 0 Å². The molecule has 0 aromatic rings. The average Bonchev–Trinajstić information content (AvgIpc) is 2.63. The summed E-state index contributed by atoms with van der Waals surface area (Å²) in [5, 5.41) is 2.17. The molecule has 3 aliphatic heterocycles. The maximum Gasteiger partial charge on any atom is 0.263 e. The molecule has 3 aliphatic rings. The number of nitrogens with zero attached hydrogens (tertiary/aromatic N) is 2. The van der Waals surface area contributed by atoms with Crippen molar-refractivity contribution in [3.8, 4) is 0 Å². The zero-order valence-electron chi connectivity index (χ0n) is 12.1. The van der Waals surface area contributed by atoms with Crippen LogP contribution in [0.1, 0.15) is 32.6 Å². The van der Waals surface area contributed by atoms with Crippen molar-refractivity contribution >= 4 is 29.3 Å². The van der Waals surface area contributed by atoms with Gasteiger partial charge in [-0.1, -0.05) is 6.08 Å². The van der Waals surface area contributed by atoms with E-state index in [1.54, 1.807) is 0 Å². The summed E-state index contributed by atoms with van der Waals surface area (Å²) in [6.45, 7) is 1.84. The minimum Gasteiger partial charge on any atom is -0.295 e. The van der Waals surface area contributed by atoms with E-state index in [2.05, 4.69) is 10.3 Å². The zero-order valence-corrected chi connectivity index (χ0v) is 12.1. The van der Waals surface area contributed by atoms with Gasteiger partial charge >= 0.3 is 0 Å². The molecule has 7 nitrogen and oxygen atoms in total. The molecule has 0 aromatic heterocycles. The molecular weight excluding hydrogens is 286 g/mol. The Balaban J connectivity index is 1.93. The third-order valence-electron chi connectivity index (χ3n) is 3.99. The molecule has 2 fully saturated rings. The first-order chi connectivity index (χ1) is 10.5. The van der Waals surface area contributed by atoms with Crippen molar-refractivity contribution in [3.63, 3.8) is 0 Å². The van der Waals surface area contributed by atoms with Gasteiger partial charge in [-0.3, -0.25) is 34.4 Å². The minimum absolute atomic E-state index is 0.0676. The fraction of sp³-hybridized carbons (Fsp3) is 0.400. The van der Waals surface area contributed by atoms with Gasteiger partial charge in [-0.25, -0.2) is 0 Å². The Labute approximate surface area is 126 Å². The molecule has 1 unspecified atom stereocenters. The largest absolute Gasteiger partial charge is 0.295 e. The minimum atomic E-state index is -0.923. The zero-order chi connectivity index (χ0) is 15.9. The van der Waals surface area contributed by atoms with E-state index < -0.39 is 23.8 Å². The average molecular weight is 301 g/mol. The number of carbonyl (C=O) groups is 4. The van der Waals surface area contributed by atoms with Gasteiger partial charge in [0.1, 0.15) is 6.04 Å². The molecule has 7 heteroatoms. The molecule has 3 rings (SSSR count). The Morgan fingerprint density at radius 2 is 2.05 bits per heavy atom. The molecule has 0 aromatic carbocycles. The summed E-state index contributed by atoms with van der Waals surface area (Å²) in [6.07, 6.45) is 4.23. The lowest BCUT2D eigenvalue weighted by atomic mass is 9.93. The number of fused-ring (bicyclic) bond motifs is 1. The second-order valence-electron chi connectivity index (χ2n) is 5.55. The Morgan fingerprint density at radius 1 is 1.27 bits per heavy atom. The van der Waals surface area contributed by atoms with Crippen molar-refractivity contribution in [1.82, 2.24) is 10.2 Å². The molecule has 1 atom stereocenters. The lowest BCUT2D eigenvalue weighted by molar-refractivity contribution is -0.154. The van der Waals surface area contributed by atoms with Crippen LogP contribution in [0.25, 0.3) is 0 Å². The van der Waals surface area contributed by atoms with Crippen LogP contribution in [-0.2, 0) is 19.2 Å². The molecule has 1 N–H and O–H groups in total. The van der Waals surface area contributed by atoms with Gasteiger partial charge in [-0.05, 0) is 18.9 Å². The maximum absolute atomic E-state index is 12.6. The maximum atomic E-state index is 12.6. The Hall–Kier alpha value is -2.57. The number of carbonyl (C=O) groups excluding carboxylic acids is 4. The first-order valence-corrected chi connectivity index (χ1v) is 7.10. The third kappa shape index (κ3) is 2.38. The van der Waals surface area contributed by atoms with Crippen LogP contribution in [0.5, 0.6) is 0 Å². The number of likely N-dealkylation sites (tertiary alicyclic amines) is 1. The van der Waals surface area contributed by atoms with Crippen molar-refractivity contribution < 1.29 is 19.2 Å². The molecule has 0 spiro atoms. The van der Waals surface area contributed by atoms with E-state index in [0.717, 1.165) is 10.6 Å². The summed E-state index contributed by atoms with van der Waals surface area (Å²) < 4.78 is 0. The summed E-state index contributed by atoms with van der Waals surface area (Å²) >= 11 is 0. The van der Waals surface area contributed by atoms with Gasteiger partial charge in [0.05, 0.1) is 12.0 Å². The summed E-state index contributed by atoms with van der Waals surface area (Å²) in [6, 6.07) is -0.923. The summed E-state index contributed by atoms with van der Waals surface area (Å²) in [5.41, 5.74) is 1.85. The van der Waals surface area contributed by atoms with Crippen LogP contribution in [0.2, 0.25) is 0 Å². The van der Waals surface area contributed by atoms with E-state index in [0.29, 0.717) is 17.6 Å². The predicted octanol–water partition coefficient (Wildman–Crippen LogP) is 0.225. The molecule has 0 aliphatic carbocycles. The fourth-order valence-corrected chi connectivity index (χ4v) is 2.79. The van der Waals surface area contributed by atoms with Crippen LogP contribution in [0.4, 0.5) is 0 Å². The predicted molar refractivity (Wildman–Crippen MR) is 76.5 cm³/mol. The SMILES string of the molecule is CC1=NC=C2C(=O)N(C3CCC(=O)NC3=O)C(=O)CC2=CC1. The van der Waals surface area contributed by atoms with E-state index >= 15 is 0 Å². The van der Waals surface area contributed by atoms with E-state index in [1.165, 1.54) is 6.20 Å². The molecule has 0 radical (unpaired) electrons. The van der Waals surface area contributed by atoms with Gasteiger partial charge in [0.2, 0.25) is 17.7 Å². The summed E-state index contributed by atoms with van der Waals surface area (Å²) in [4.78, 5) is 53.2. The lowest BCUT2D eigenvalue weighted by Crippen LogP contribution is -2.58. The fourth-order valence-electron chi connectivity index (χ4n) is 2.79. The number of piperidine rings is 2. The van der Waals surface area contributed by atoms with Crippen molar-refractivity contribution in [2.24, 2.45) is 4.99 Å². The molecule has 114 valence electrons.